The molecule has 0 radical (unpaired) electrons. The minimum atomic E-state index is -1.33. The Labute approximate surface area is 283 Å². The number of benzene rings is 3. The topological polar surface area (TPSA) is 94.1 Å². The lowest BCUT2D eigenvalue weighted by Crippen LogP contribution is -2.63. The molecule has 2 saturated heterocycles. The van der Waals surface area contributed by atoms with Crippen LogP contribution in [-0.2, 0) is 22.6 Å². The minimum Gasteiger partial charge on any atom is -0.488 e. The molecule has 1 aliphatic carbocycles. The molecule has 4 atom stereocenters. The highest BCUT2D eigenvalue weighted by molar-refractivity contribution is 6.03. The first-order valence-corrected chi connectivity index (χ1v) is 17.1. The summed E-state index contributed by atoms with van der Waals surface area (Å²) < 4.78 is 46.6. The predicted octanol–water partition coefficient (Wildman–Crippen LogP) is 4.36. The van der Waals surface area contributed by atoms with E-state index in [0.29, 0.717) is 57.4 Å². The van der Waals surface area contributed by atoms with Gasteiger partial charge in [0.05, 0.1) is 24.8 Å². The summed E-state index contributed by atoms with van der Waals surface area (Å²) in [5, 5.41) is 16.8. The average molecular weight is 675 g/mol. The van der Waals surface area contributed by atoms with Gasteiger partial charge in [-0.3, -0.25) is 9.59 Å². The molecule has 4 aliphatic rings. The van der Waals surface area contributed by atoms with Gasteiger partial charge < -0.3 is 30.3 Å². The molecule has 0 aromatic heterocycles. The maximum Gasteiger partial charge on any atom is 0.252 e. The number of β-amino-alcohol motifs (C(OH)–C–C–N with tert-alkyl or cyclic N) is 1. The van der Waals surface area contributed by atoms with Gasteiger partial charge in [-0.1, -0.05) is 54.6 Å². The third-order valence-electron chi connectivity index (χ3n) is 9.96. The third-order valence-corrected chi connectivity index (χ3v) is 9.96. The number of ether oxygens (including phenoxy) is 1. The second kappa shape index (κ2) is 14.3. The van der Waals surface area contributed by atoms with Crippen LogP contribution in [0.2, 0.25) is 0 Å². The Bertz CT molecular complexity index is 1720. The Morgan fingerprint density at radius 3 is 2.41 bits per heavy atom. The SMILES string of the molecule is O=C(C1C[C@@H](O)CN1)N1C[C@@H]2CC(c3ccc(CCCOc4c(F)ccc(F)c4F)cc3)=C(C(=O)N(Cc3ccccc3)C3CC3)[C@H](C1)N2. The number of piperazine rings is 1. The number of halogens is 3. The highest BCUT2D eigenvalue weighted by Gasteiger charge is 2.44. The molecule has 1 unspecified atom stereocenters. The number of fused-ring (bicyclic) bond motifs is 2. The maximum atomic E-state index is 14.7. The molecule has 2 amide bonds. The van der Waals surface area contributed by atoms with Crippen LogP contribution in [0.25, 0.3) is 5.57 Å². The monoisotopic (exact) mass is 674 g/mol. The number of nitrogens with zero attached hydrogens (tertiary/aromatic N) is 2. The number of aliphatic hydroxyl groups excluding tert-OH is 1. The zero-order valence-electron chi connectivity index (χ0n) is 27.2. The number of rotatable bonds is 11. The van der Waals surface area contributed by atoms with E-state index in [0.717, 1.165) is 47.2 Å². The number of carbonyl (C=O) groups excluding carboxylic acids is 2. The van der Waals surface area contributed by atoms with Crippen molar-refractivity contribution in [2.45, 2.75) is 75.3 Å². The predicted molar refractivity (Wildman–Crippen MR) is 178 cm³/mol. The zero-order valence-corrected chi connectivity index (χ0v) is 27.2. The van der Waals surface area contributed by atoms with E-state index in [9.17, 15) is 27.9 Å². The van der Waals surface area contributed by atoms with E-state index in [-0.39, 0.29) is 36.5 Å². The highest BCUT2D eigenvalue weighted by atomic mass is 19.2. The van der Waals surface area contributed by atoms with Gasteiger partial charge >= 0.3 is 0 Å². The van der Waals surface area contributed by atoms with Crippen molar-refractivity contribution in [2.24, 2.45) is 0 Å². The van der Waals surface area contributed by atoms with Crippen LogP contribution in [0.1, 0.15) is 48.8 Å². The van der Waals surface area contributed by atoms with E-state index in [2.05, 4.69) is 10.6 Å². The second-order valence-corrected chi connectivity index (χ2v) is 13.6. The van der Waals surface area contributed by atoms with Crippen molar-refractivity contribution in [1.82, 2.24) is 20.4 Å². The molecule has 49 heavy (non-hydrogen) atoms. The molecular weight excluding hydrogens is 633 g/mol. The molecule has 0 spiro atoms. The Morgan fingerprint density at radius 1 is 0.939 bits per heavy atom. The number of carbonyl (C=O) groups is 2. The molecule has 1 saturated carbocycles. The summed E-state index contributed by atoms with van der Waals surface area (Å²) >= 11 is 0. The fraction of sp³-hybridized carbons (Fsp3) is 0.421. The molecule has 3 aromatic carbocycles. The quantitative estimate of drug-likeness (QED) is 0.207. The van der Waals surface area contributed by atoms with Gasteiger partial charge in [-0.25, -0.2) is 8.78 Å². The highest BCUT2D eigenvalue weighted by Crippen LogP contribution is 2.38. The molecule has 11 heteroatoms. The van der Waals surface area contributed by atoms with Crippen LogP contribution >= 0.6 is 0 Å². The Balaban J connectivity index is 1.12. The smallest absolute Gasteiger partial charge is 0.252 e. The molecule has 3 heterocycles. The number of nitrogens with one attached hydrogen (secondary N) is 2. The normalized spacial score (nSPS) is 23.5. The first-order chi connectivity index (χ1) is 23.7. The summed E-state index contributed by atoms with van der Waals surface area (Å²) in [5.41, 5.74) is 4.66. The molecule has 8 nitrogen and oxygen atoms in total. The van der Waals surface area contributed by atoms with Crippen LogP contribution in [0.3, 0.4) is 0 Å². The van der Waals surface area contributed by atoms with Crippen LogP contribution in [0.5, 0.6) is 5.75 Å². The molecule has 7 rings (SSSR count). The lowest BCUT2D eigenvalue weighted by atomic mass is 9.82. The van der Waals surface area contributed by atoms with Crippen LogP contribution in [0.4, 0.5) is 13.2 Å². The van der Waals surface area contributed by atoms with Crippen molar-refractivity contribution < 1.29 is 32.6 Å². The Hall–Kier alpha value is -4.19. The van der Waals surface area contributed by atoms with Crippen molar-refractivity contribution in [3.05, 3.63) is 106 Å². The fourth-order valence-electron chi connectivity index (χ4n) is 7.32. The molecule has 3 aliphatic heterocycles. The van der Waals surface area contributed by atoms with Crippen LogP contribution in [-0.4, -0.2) is 83.2 Å². The summed E-state index contributed by atoms with van der Waals surface area (Å²) in [6.07, 6.45) is 3.36. The Kier molecular flexibility index (Phi) is 9.75. The molecule has 3 fully saturated rings. The summed E-state index contributed by atoms with van der Waals surface area (Å²) in [6, 6.07) is 18.9. The van der Waals surface area contributed by atoms with Gasteiger partial charge in [0.1, 0.15) is 0 Å². The van der Waals surface area contributed by atoms with Crippen molar-refractivity contribution in [3.63, 3.8) is 0 Å². The van der Waals surface area contributed by atoms with Crippen LogP contribution in [0, 0.1) is 17.5 Å². The van der Waals surface area contributed by atoms with Crippen molar-refractivity contribution in [2.75, 3.05) is 26.2 Å². The molecule has 2 bridgehead atoms. The summed E-state index contributed by atoms with van der Waals surface area (Å²) in [5.74, 6) is -4.20. The van der Waals surface area contributed by atoms with Crippen molar-refractivity contribution in [3.8, 4) is 5.75 Å². The van der Waals surface area contributed by atoms with E-state index < -0.39 is 35.3 Å². The maximum absolute atomic E-state index is 14.7. The molecule has 258 valence electrons. The van der Waals surface area contributed by atoms with Crippen molar-refractivity contribution in [1.29, 1.82) is 0 Å². The van der Waals surface area contributed by atoms with Crippen LogP contribution in [0.15, 0.2) is 72.3 Å². The van der Waals surface area contributed by atoms with E-state index in [1.165, 1.54) is 0 Å². The van der Waals surface area contributed by atoms with E-state index in [1.54, 1.807) is 0 Å². The van der Waals surface area contributed by atoms with Crippen LogP contribution < -0.4 is 15.4 Å². The van der Waals surface area contributed by atoms with Crippen molar-refractivity contribution >= 4 is 17.4 Å². The van der Waals surface area contributed by atoms with E-state index >= 15 is 0 Å². The Morgan fingerprint density at radius 2 is 1.69 bits per heavy atom. The first-order valence-electron chi connectivity index (χ1n) is 17.1. The fourth-order valence-corrected chi connectivity index (χ4v) is 7.32. The van der Waals surface area contributed by atoms with Gasteiger partial charge in [-0.2, -0.15) is 4.39 Å². The van der Waals surface area contributed by atoms with E-state index in [4.69, 9.17) is 4.74 Å². The summed E-state index contributed by atoms with van der Waals surface area (Å²) in [4.78, 5) is 32.0. The molecular formula is C38H41F3N4O4. The summed E-state index contributed by atoms with van der Waals surface area (Å²) in [6.45, 7) is 1.79. The van der Waals surface area contributed by atoms with Gasteiger partial charge in [0, 0.05) is 43.8 Å². The largest absolute Gasteiger partial charge is 0.488 e. The lowest BCUT2D eigenvalue weighted by molar-refractivity contribution is -0.136. The van der Waals surface area contributed by atoms with Gasteiger partial charge in [0.25, 0.3) is 5.91 Å². The van der Waals surface area contributed by atoms with Gasteiger partial charge in [-0.05, 0) is 72.9 Å². The number of aliphatic hydroxyl groups is 1. The van der Waals surface area contributed by atoms with Gasteiger partial charge in [0.15, 0.2) is 17.4 Å². The number of hydrogen-bond donors (Lipinski definition) is 3. The minimum absolute atomic E-state index is 0.0147. The molecule has 3 N–H and O–H groups in total. The number of hydrogen-bond acceptors (Lipinski definition) is 6. The second-order valence-electron chi connectivity index (χ2n) is 13.6. The number of amides is 2. The third kappa shape index (κ3) is 7.39. The standard InChI is InChI=1S/C38H41F3N4O4/c39-30-14-15-31(40)36(35(30)41)49-16-4-7-23-8-10-25(11-9-23)29-17-26-21-44(37(47)32-18-28(46)19-42-32)22-33(43-26)34(29)38(48)45(27-12-13-27)20-24-5-2-1-3-6-24/h1-3,5-6,8-11,14-15,26-28,32-33,42-43,46H,4,7,12-13,16-22H2/t26-,28+,32?,33-/m0/s1. The number of aryl methyl sites for hydroxylation is 1. The van der Waals surface area contributed by atoms with Gasteiger partial charge in [0.2, 0.25) is 11.7 Å². The zero-order chi connectivity index (χ0) is 34.1. The van der Waals surface area contributed by atoms with E-state index in [1.807, 2.05) is 64.4 Å². The van der Waals surface area contributed by atoms with Gasteiger partial charge in [-0.15, -0.1) is 0 Å². The first kappa shape index (κ1) is 33.3. The molecule has 3 aromatic rings. The lowest BCUT2D eigenvalue weighted by Gasteiger charge is -2.45. The summed E-state index contributed by atoms with van der Waals surface area (Å²) in [7, 11) is 0. The average Bonchev–Trinajstić information content (AvgIpc) is 3.86.